The van der Waals surface area contributed by atoms with Crippen molar-refractivity contribution in [3.63, 3.8) is 0 Å². The van der Waals surface area contributed by atoms with Crippen LogP contribution in [-0.4, -0.2) is 33.5 Å². The summed E-state index contributed by atoms with van der Waals surface area (Å²) >= 11 is 0. The average molecular weight is 214 g/mol. The second-order valence-corrected chi connectivity index (χ2v) is 5.69. The van der Waals surface area contributed by atoms with Gasteiger partial charge in [0, 0.05) is 11.8 Å². The lowest BCUT2D eigenvalue weighted by Crippen LogP contribution is -2.63. The standard InChI is InChI=1S/C11H18O4/c1-9(2)4-7(12)5-10(3)11(9,14)6-8(13)15-10/h7,12,14H,4-6H2,1-3H3/t7?,10-,11?/m0/s1. The van der Waals surface area contributed by atoms with E-state index in [4.69, 9.17) is 4.74 Å². The Morgan fingerprint density at radius 3 is 2.53 bits per heavy atom. The molecular weight excluding hydrogens is 196 g/mol. The number of aliphatic hydroxyl groups excluding tert-OH is 1. The Labute approximate surface area is 89.2 Å². The maximum atomic E-state index is 11.4. The summed E-state index contributed by atoms with van der Waals surface area (Å²) in [6, 6.07) is 0. The first-order valence-corrected chi connectivity index (χ1v) is 5.32. The van der Waals surface area contributed by atoms with Crippen molar-refractivity contribution >= 4 is 5.97 Å². The third kappa shape index (κ3) is 1.24. The van der Waals surface area contributed by atoms with E-state index in [-0.39, 0.29) is 12.4 Å². The van der Waals surface area contributed by atoms with Gasteiger partial charge in [-0.15, -0.1) is 0 Å². The van der Waals surface area contributed by atoms with Gasteiger partial charge in [-0.25, -0.2) is 0 Å². The van der Waals surface area contributed by atoms with E-state index >= 15 is 0 Å². The van der Waals surface area contributed by atoms with Gasteiger partial charge in [-0.05, 0) is 13.3 Å². The minimum Gasteiger partial charge on any atom is -0.456 e. The zero-order valence-electron chi connectivity index (χ0n) is 9.41. The molecule has 2 rings (SSSR count). The Morgan fingerprint density at radius 1 is 1.33 bits per heavy atom. The van der Waals surface area contributed by atoms with Crippen molar-refractivity contribution in [3.8, 4) is 0 Å². The topological polar surface area (TPSA) is 66.8 Å². The van der Waals surface area contributed by atoms with Gasteiger partial charge >= 0.3 is 5.97 Å². The average Bonchev–Trinajstić information content (AvgIpc) is 2.19. The van der Waals surface area contributed by atoms with Gasteiger partial charge in [-0.2, -0.15) is 0 Å². The molecule has 0 aromatic heterocycles. The van der Waals surface area contributed by atoms with Crippen LogP contribution < -0.4 is 0 Å². The summed E-state index contributed by atoms with van der Waals surface area (Å²) in [5.41, 5.74) is -2.60. The Balaban J connectivity index is 2.46. The quantitative estimate of drug-likeness (QED) is 0.580. The summed E-state index contributed by atoms with van der Waals surface area (Å²) in [6.45, 7) is 5.45. The highest BCUT2D eigenvalue weighted by atomic mass is 16.6. The van der Waals surface area contributed by atoms with E-state index in [0.717, 1.165) is 0 Å². The van der Waals surface area contributed by atoms with Crippen molar-refractivity contribution in [3.05, 3.63) is 0 Å². The zero-order chi connectivity index (χ0) is 11.5. The lowest BCUT2D eigenvalue weighted by molar-refractivity contribution is -0.214. The van der Waals surface area contributed by atoms with Gasteiger partial charge in [0.05, 0.1) is 12.5 Å². The molecule has 1 aliphatic carbocycles. The number of rotatable bonds is 0. The molecule has 1 aliphatic heterocycles. The monoisotopic (exact) mass is 214 g/mol. The fraction of sp³-hybridized carbons (Fsp3) is 0.909. The predicted molar refractivity (Wildman–Crippen MR) is 53.1 cm³/mol. The molecule has 2 N–H and O–H groups in total. The summed E-state index contributed by atoms with van der Waals surface area (Å²) in [5, 5.41) is 20.4. The van der Waals surface area contributed by atoms with Crippen LogP contribution in [0.25, 0.3) is 0 Å². The molecule has 0 aromatic rings. The highest BCUT2D eigenvalue weighted by Gasteiger charge is 2.67. The van der Waals surface area contributed by atoms with Crippen LogP contribution in [0.5, 0.6) is 0 Å². The van der Waals surface area contributed by atoms with Crippen LogP contribution in [0.2, 0.25) is 0 Å². The van der Waals surface area contributed by atoms with Crippen LogP contribution in [0.1, 0.15) is 40.0 Å². The first-order valence-electron chi connectivity index (χ1n) is 5.32. The second kappa shape index (κ2) is 2.74. The molecule has 0 amide bonds. The van der Waals surface area contributed by atoms with Crippen LogP contribution in [0, 0.1) is 5.41 Å². The van der Waals surface area contributed by atoms with Crippen molar-refractivity contribution in [2.75, 3.05) is 0 Å². The molecule has 0 bridgehead atoms. The van der Waals surface area contributed by atoms with E-state index < -0.39 is 22.7 Å². The van der Waals surface area contributed by atoms with Gasteiger partial charge in [-0.1, -0.05) is 13.8 Å². The van der Waals surface area contributed by atoms with Crippen LogP contribution in [0.4, 0.5) is 0 Å². The normalized spacial score (nSPS) is 48.6. The number of aliphatic hydroxyl groups is 2. The third-order valence-corrected chi connectivity index (χ3v) is 4.10. The number of carbonyl (C=O) groups excluding carboxylic acids is 1. The lowest BCUT2D eigenvalue weighted by atomic mass is 9.57. The number of carbonyl (C=O) groups is 1. The molecule has 2 fully saturated rings. The molecule has 1 heterocycles. The fourth-order valence-electron chi connectivity index (χ4n) is 3.21. The minimum absolute atomic E-state index is 0.0310. The van der Waals surface area contributed by atoms with Gasteiger partial charge in [-0.3, -0.25) is 4.79 Å². The number of esters is 1. The Bertz CT molecular complexity index is 312. The highest BCUT2D eigenvalue weighted by molar-refractivity contribution is 5.75. The van der Waals surface area contributed by atoms with Gasteiger partial charge in [0.25, 0.3) is 0 Å². The van der Waals surface area contributed by atoms with Crippen molar-refractivity contribution in [1.29, 1.82) is 0 Å². The van der Waals surface area contributed by atoms with Crippen molar-refractivity contribution in [1.82, 2.24) is 0 Å². The number of hydrogen-bond donors (Lipinski definition) is 2. The third-order valence-electron chi connectivity index (χ3n) is 4.10. The van der Waals surface area contributed by atoms with Crippen molar-refractivity contribution in [2.24, 2.45) is 5.41 Å². The minimum atomic E-state index is -1.16. The molecule has 86 valence electrons. The maximum Gasteiger partial charge on any atom is 0.309 e. The smallest absolute Gasteiger partial charge is 0.309 e. The zero-order valence-corrected chi connectivity index (χ0v) is 9.41. The first kappa shape index (κ1) is 10.9. The number of ether oxygens (including phenoxy) is 1. The Hall–Kier alpha value is -0.610. The van der Waals surface area contributed by atoms with Gasteiger partial charge in [0.1, 0.15) is 11.2 Å². The fourth-order valence-corrected chi connectivity index (χ4v) is 3.21. The van der Waals surface area contributed by atoms with Crippen molar-refractivity contribution < 1.29 is 19.7 Å². The van der Waals surface area contributed by atoms with Gasteiger partial charge in [0.2, 0.25) is 0 Å². The molecule has 2 aliphatic rings. The molecule has 4 nitrogen and oxygen atoms in total. The molecule has 2 unspecified atom stereocenters. The number of hydrogen-bond acceptors (Lipinski definition) is 4. The summed E-state index contributed by atoms with van der Waals surface area (Å²) in [6.07, 6.45) is 0.327. The molecule has 15 heavy (non-hydrogen) atoms. The molecule has 3 atom stereocenters. The van der Waals surface area contributed by atoms with Crippen LogP contribution >= 0.6 is 0 Å². The molecule has 4 heteroatoms. The van der Waals surface area contributed by atoms with E-state index in [1.807, 2.05) is 13.8 Å². The van der Waals surface area contributed by atoms with E-state index in [2.05, 4.69) is 0 Å². The van der Waals surface area contributed by atoms with Gasteiger partial charge in [0.15, 0.2) is 0 Å². The van der Waals surface area contributed by atoms with Crippen molar-refractivity contribution in [2.45, 2.75) is 57.3 Å². The largest absolute Gasteiger partial charge is 0.456 e. The summed E-state index contributed by atoms with van der Waals surface area (Å²) in [7, 11) is 0. The molecule has 1 saturated heterocycles. The van der Waals surface area contributed by atoms with Crippen LogP contribution in [0.15, 0.2) is 0 Å². The molecule has 0 radical (unpaired) electrons. The Morgan fingerprint density at radius 2 is 1.93 bits per heavy atom. The lowest BCUT2D eigenvalue weighted by Gasteiger charge is -2.52. The molecule has 0 aromatic carbocycles. The molecular formula is C11H18O4. The molecule has 0 spiro atoms. The maximum absolute atomic E-state index is 11.4. The van der Waals surface area contributed by atoms with Crippen LogP contribution in [0.3, 0.4) is 0 Å². The first-order chi connectivity index (χ1) is 6.70. The highest BCUT2D eigenvalue weighted by Crippen LogP contribution is 2.55. The van der Waals surface area contributed by atoms with Gasteiger partial charge < -0.3 is 14.9 Å². The summed E-state index contributed by atoms with van der Waals surface area (Å²) in [5.74, 6) is -0.373. The SMILES string of the molecule is CC1(C)CC(O)C[C@]2(C)OC(=O)CC12O. The molecule has 1 saturated carbocycles. The van der Waals surface area contributed by atoms with E-state index in [1.54, 1.807) is 6.92 Å². The second-order valence-electron chi connectivity index (χ2n) is 5.69. The summed E-state index contributed by atoms with van der Waals surface area (Å²) in [4.78, 5) is 11.4. The predicted octanol–water partition coefficient (Wildman–Crippen LogP) is 0.604. The van der Waals surface area contributed by atoms with E-state index in [1.165, 1.54) is 0 Å². The van der Waals surface area contributed by atoms with Crippen LogP contribution in [-0.2, 0) is 9.53 Å². The van der Waals surface area contributed by atoms with E-state index in [9.17, 15) is 15.0 Å². The van der Waals surface area contributed by atoms with E-state index in [0.29, 0.717) is 12.8 Å². The number of fused-ring (bicyclic) bond motifs is 1. The summed E-state index contributed by atoms with van der Waals surface area (Å²) < 4.78 is 5.21. The Kier molecular flexibility index (Phi) is 1.99.